The van der Waals surface area contributed by atoms with Gasteiger partial charge >= 0.3 is 6.03 Å². The fraction of sp³-hybridized carbons (Fsp3) is 0.462. The number of urea groups is 1. The lowest BCUT2D eigenvalue weighted by atomic mass is 10.2. The topological polar surface area (TPSA) is 32.3 Å². The summed E-state index contributed by atoms with van der Waals surface area (Å²) >= 11 is 1.72. The summed E-state index contributed by atoms with van der Waals surface area (Å²) < 4.78 is 0. The molecule has 0 saturated heterocycles. The maximum absolute atomic E-state index is 11.7. The molecule has 0 bridgehead atoms. The average Bonchev–Trinajstić information content (AvgIpc) is 2.29. The van der Waals surface area contributed by atoms with Gasteiger partial charge in [0.2, 0.25) is 0 Å². The van der Waals surface area contributed by atoms with Crippen molar-refractivity contribution in [3.05, 3.63) is 29.8 Å². The molecule has 0 spiro atoms. The molecule has 0 aliphatic carbocycles. The summed E-state index contributed by atoms with van der Waals surface area (Å²) in [5.41, 5.74) is 1.14. The van der Waals surface area contributed by atoms with Crippen LogP contribution in [0, 0.1) is 0 Å². The molecule has 0 heterocycles. The van der Waals surface area contributed by atoms with Crippen molar-refractivity contribution >= 4 is 17.8 Å². The molecule has 0 radical (unpaired) electrons. The van der Waals surface area contributed by atoms with E-state index < -0.39 is 0 Å². The van der Waals surface area contributed by atoms with Gasteiger partial charge in [-0.3, -0.25) is 0 Å². The van der Waals surface area contributed by atoms with Crippen molar-refractivity contribution in [1.29, 1.82) is 0 Å². The zero-order chi connectivity index (χ0) is 12.8. The minimum atomic E-state index is -0.0334. The van der Waals surface area contributed by atoms with Gasteiger partial charge in [0, 0.05) is 24.5 Å². The van der Waals surface area contributed by atoms with E-state index in [1.807, 2.05) is 13.8 Å². The first-order valence-electron chi connectivity index (χ1n) is 5.67. The minimum Gasteiger partial charge on any atom is -0.336 e. The summed E-state index contributed by atoms with van der Waals surface area (Å²) in [6.07, 6.45) is 2.05. The van der Waals surface area contributed by atoms with Gasteiger partial charge in [-0.1, -0.05) is 12.1 Å². The molecule has 0 unspecified atom stereocenters. The minimum absolute atomic E-state index is 0.0334. The molecule has 0 aromatic heterocycles. The van der Waals surface area contributed by atoms with E-state index in [0.29, 0.717) is 6.54 Å². The molecule has 1 aromatic rings. The van der Waals surface area contributed by atoms with Crippen LogP contribution in [0.2, 0.25) is 0 Å². The quantitative estimate of drug-likeness (QED) is 0.836. The standard InChI is InChI=1S/C13H20N2OS/c1-10(2)14-13(16)15(3)9-11-5-7-12(17-4)8-6-11/h5-8,10H,9H2,1-4H3,(H,14,16). The van der Waals surface area contributed by atoms with Gasteiger partial charge in [-0.25, -0.2) is 4.79 Å². The molecule has 3 nitrogen and oxygen atoms in total. The highest BCUT2D eigenvalue weighted by atomic mass is 32.2. The van der Waals surface area contributed by atoms with Crippen LogP contribution in [-0.2, 0) is 6.54 Å². The zero-order valence-corrected chi connectivity index (χ0v) is 11.7. The predicted molar refractivity (Wildman–Crippen MR) is 73.4 cm³/mol. The molecule has 2 amide bonds. The van der Waals surface area contributed by atoms with E-state index in [2.05, 4.69) is 35.8 Å². The number of carbonyl (C=O) groups is 1. The third-order valence-corrected chi connectivity index (χ3v) is 3.08. The van der Waals surface area contributed by atoms with Crippen molar-refractivity contribution in [3.63, 3.8) is 0 Å². The van der Waals surface area contributed by atoms with E-state index in [1.54, 1.807) is 23.7 Å². The Bertz CT molecular complexity index is 362. The Balaban J connectivity index is 2.55. The van der Waals surface area contributed by atoms with Gasteiger partial charge in [0.25, 0.3) is 0 Å². The van der Waals surface area contributed by atoms with Crippen molar-refractivity contribution < 1.29 is 4.79 Å². The first kappa shape index (κ1) is 13.9. The van der Waals surface area contributed by atoms with E-state index in [1.165, 1.54) is 4.90 Å². The van der Waals surface area contributed by atoms with Crippen LogP contribution in [-0.4, -0.2) is 30.3 Å². The summed E-state index contributed by atoms with van der Waals surface area (Å²) in [5, 5.41) is 2.87. The Morgan fingerprint density at radius 1 is 1.35 bits per heavy atom. The maximum Gasteiger partial charge on any atom is 0.317 e. The summed E-state index contributed by atoms with van der Waals surface area (Å²) in [6, 6.07) is 8.41. The van der Waals surface area contributed by atoms with Crippen molar-refractivity contribution in [2.45, 2.75) is 31.3 Å². The number of hydrogen-bond acceptors (Lipinski definition) is 2. The Morgan fingerprint density at radius 2 is 1.94 bits per heavy atom. The Hall–Kier alpha value is -1.16. The number of carbonyl (C=O) groups excluding carboxylic acids is 1. The molecular weight excluding hydrogens is 232 g/mol. The molecule has 0 fully saturated rings. The third kappa shape index (κ3) is 4.69. The van der Waals surface area contributed by atoms with Crippen LogP contribution < -0.4 is 5.32 Å². The second-order valence-corrected chi connectivity index (χ2v) is 5.19. The third-order valence-electron chi connectivity index (χ3n) is 2.34. The SMILES string of the molecule is CSc1ccc(CN(C)C(=O)NC(C)C)cc1. The predicted octanol–water partition coefficient (Wildman–Crippen LogP) is 2.96. The molecule has 4 heteroatoms. The summed E-state index contributed by atoms with van der Waals surface area (Å²) in [7, 11) is 1.81. The van der Waals surface area contributed by atoms with E-state index in [-0.39, 0.29) is 12.1 Å². The summed E-state index contributed by atoms with van der Waals surface area (Å²) in [5.74, 6) is 0. The molecule has 0 aliphatic rings. The average molecular weight is 252 g/mol. The number of rotatable bonds is 4. The molecule has 0 atom stereocenters. The molecule has 0 aliphatic heterocycles. The fourth-order valence-electron chi connectivity index (χ4n) is 1.43. The Kier molecular flexibility index (Phi) is 5.35. The number of benzene rings is 1. The van der Waals surface area contributed by atoms with E-state index in [4.69, 9.17) is 0 Å². The maximum atomic E-state index is 11.7. The highest BCUT2D eigenvalue weighted by Crippen LogP contribution is 2.15. The lowest BCUT2D eigenvalue weighted by Crippen LogP contribution is -2.40. The number of nitrogens with one attached hydrogen (secondary N) is 1. The molecule has 0 saturated carbocycles. The highest BCUT2D eigenvalue weighted by Gasteiger charge is 2.09. The van der Waals surface area contributed by atoms with Crippen molar-refractivity contribution in [2.75, 3.05) is 13.3 Å². The van der Waals surface area contributed by atoms with Crippen LogP contribution in [0.15, 0.2) is 29.2 Å². The van der Waals surface area contributed by atoms with E-state index >= 15 is 0 Å². The molecule has 1 N–H and O–H groups in total. The van der Waals surface area contributed by atoms with Crippen LogP contribution in [0.5, 0.6) is 0 Å². The molecule has 1 aromatic carbocycles. The second kappa shape index (κ2) is 6.55. The Morgan fingerprint density at radius 3 is 2.41 bits per heavy atom. The number of nitrogens with zero attached hydrogens (tertiary/aromatic N) is 1. The van der Waals surface area contributed by atoms with Gasteiger partial charge in [0.1, 0.15) is 0 Å². The number of amides is 2. The summed E-state index contributed by atoms with van der Waals surface area (Å²) in [4.78, 5) is 14.6. The number of thioether (sulfide) groups is 1. The van der Waals surface area contributed by atoms with Crippen LogP contribution in [0.3, 0.4) is 0 Å². The first-order chi connectivity index (χ1) is 8.02. The normalized spacial score (nSPS) is 10.4. The summed E-state index contributed by atoms with van der Waals surface area (Å²) in [6.45, 7) is 4.55. The van der Waals surface area contributed by atoms with Gasteiger partial charge in [0.05, 0.1) is 0 Å². The second-order valence-electron chi connectivity index (χ2n) is 4.31. The van der Waals surface area contributed by atoms with Gasteiger partial charge in [0.15, 0.2) is 0 Å². The smallest absolute Gasteiger partial charge is 0.317 e. The highest BCUT2D eigenvalue weighted by molar-refractivity contribution is 7.98. The van der Waals surface area contributed by atoms with Crippen LogP contribution in [0.4, 0.5) is 4.79 Å². The Labute approximate surface area is 108 Å². The van der Waals surface area contributed by atoms with E-state index in [0.717, 1.165) is 5.56 Å². The van der Waals surface area contributed by atoms with Crippen LogP contribution >= 0.6 is 11.8 Å². The van der Waals surface area contributed by atoms with Gasteiger partial charge in [-0.05, 0) is 37.8 Å². The monoisotopic (exact) mass is 252 g/mol. The van der Waals surface area contributed by atoms with Crippen molar-refractivity contribution in [1.82, 2.24) is 10.2 Å². The van der Waals surface area contributed by atoms with E-state index in [9.17, 15) is 4.79 Å². The van der Waals surface area contributed by atoms with Gasteiger partial charge in [-0.15, -0.1) is 11.8 Å². The lowest BCUT2D eigenvalue weighted by molar-refractivity contribution is 0.204. The first-order valence-corrected chi connectivity index (χ1v) is 6.90. The molecule has 17 heavy (non-hydrogen) atoms. The molecule has 1 rings (SSSR count). The van der Waals surface area contributed by atoms with Crippen LogP contribution in [0.25, 0.3) is 0 Å². The van der Waals surface area contributed by atoms with Crippen LogP contribution in [0.1, 0.15) is 19.4 Å². The van der Waals surface area contributed by atoms with Gasteiger partial charge in [-0.2, -0.15) is 0 Å². The van der Waals surface area contributed by atoms with Gasteiger partial charge < -0.3 is 10.2 Å². The molecular formula is C13H20N2OS. The van der Waals surface area contributed by atoms with Crippen molar-refractivity contribution in [3.8, 4) is 0 Å². The number of hydrogen-bond donors (Lipinski definition) is 1. The molecule has 94 valence electrons. The largest absolute Gasteiger partial charge is 0.336 e. The fourth-order valence-corrected chi connectivity index (χ4v) is 1.84. The lowest BCUT2D eigenvalue weighted by Gasteiger charge is -2.19. The zero-order valence-electron chi connectivity index (χ0n) is 10.9. The van der Waals surface area contributed by atoms with Crippen molar-refractivity contribution in [2.24, 2.45) is 0 Å².